The van der Waals surface area contributed by atoms with Crippen LogP contribution in [0.3, 0.4) is 0 Å². The fraction of sp³-hybridized carbons (Fsp3) is 0.455. The van der Waals surface area contributed by atoms with Gasteiger partial charge in [0.1, 0.15) is 11.7 Å². The molecule has 1 aliphatic carbocycles. The molecule has 1 fully saturated rings. The number of amides is 1. The molecule has 3 aromatic heterocycles. The lowest BCUT2D eigenvalue weighted by atomic mass is 9.95. The fourth-order valence-electron chi connectivity index (χ4n) is 3.85. The molecule has 1 unspecified atom stereocenters. The average Bonchev–Trinajstić information content (AvgIpc) is 3.36. The lowest BCUT2D eigenvalue weighted by molar-refractivity contribution is -0.125. The van der Waals surface area contributed by atoms with Crippen LogP contribution in [0, 0.1) is 13.8 Å². The number of nitrogens with zero attached hydrogens (tertiary/aromatic N) is 3. The van der Waals surface area contributed by atoms with E-state index in [9.17, 15) is 9.59 Å². The van der Waals surface area contributed by atoms with Crippen LogP contribution in [-0.4, -0.2) is 26.9 Å². The Kier molecular flexibility index (Phi) is 5.85. The Morgan fingerprint density at radius 2 is 2.00 bits per heavy atom. The topological polar surface area (TPSA) is 90.0 Å². The molecule has 0 aliphatic heterocycles. The smallest absolute Gasteiger partial charge is 0.268 e. The maximum absolute atomic E-state index is 12.9. The Morgan fingerprint density at radius 3 is 2.63 bits per heavy atom. The first-order valence-electron chi connectivity index (χ1n) is 10.4. The summed E-state index contributed by atoms with van der Waals surface area (Å²) in [5.74, 6) is 0.317. The van der Waals surface area contributed by atoms with Crippen LogP contribution in [0.4, 0.5) is 0 Å². The largest absolute Gasteiger partial charge is 0.356 e. The highest BCUT2D eigenvalue weighted by Crippen LogP contribution is 2.34. The monoisotopic (exact) mass is 426 g/mol. The van der Waals surface area contributed by atoms with Crippen LogP contribution < -0.4 is 10.9 Å². The van der Waals surface area contributed by atoms with Gasteiger partial charge < -0.3 is 9.84 Å². The van der Waals surface area contributed by atoms with Gasteiger partial charge in [-0.3, -0.25) is 9.59 Å². The van der Waals surface area contributed by atoms with Crippen LogP contribution in [0.5, 0.6) is 0 Å². The van der Waals surface area contributed by atoms with Gasteiger partial charge in [-0.15, -0.1) is 11.3 Å². The zero-order valence-electron chi connectivity index (χ0n) is 17.5. The molecular formula is C22H26N4O3S. The minimum absolute atomic E-state index is 0.173. The van der Waals surface area contributed by atoms with Gasteiger partial charge in [0.2, 0.25) is 5.91 Å². The zero-order chi connectivity index (χ0) is 21.3. The molecule has 8 heteroatoms. The van der Waals surface area contributed by atoms with Gasteiger partial charge in [0.25, 0.3) is 5.56 Å². The quantitative estimate of drug-likeness (QED) is 0.659. The molecule has 4 rings (SSSR count). The lowest BCUT2D eigenvalue weighted by Crippen LogP contribution is -2.42. The van der Waals surface area contributed by atoms with Gasteiger partial charge in [-0.25, -0.2) is 4.68 Å². The second-order valence-electron chi connectivity index (χ2n) is 7.95. The maximum atomic E-state index is 12.9. The fourth-order valence-corrected chi connectivity index (χ4v) is 4.71. The highest BCUT2D eigenvalue weighted by molar-refractivity contribution is 7.15. The molecule has 158 valence electrons. The number of carbonyl (C=O) groups excluding carboxylic acids is 1. The maximum Gasteiger partial charge on any atom is 0.268 e. The Bertz CT molecular complexity index is 1110. The third-order valence-electron chi connectivity index (χ3n) is 5.52. The molecule has 1 aliphatic rings. The van der Waals surface area contributed by atoms with Crippen molar-refractivity contribution in [2.24, 2.45) is 0 Å². The van der Waals surface area contributed by atoms with E-state index in [1.54, 1.807) is 24.3 Å². The van der Waals surface area contributed by atoms with Gasteiger partial charge in [0.05, 0.1) is 16.1 Å². The molecule has 3 aromatic rings. The van der Waals surface area contributed by atoms with Gasteiger partial charge >= 0.3 is 0 Å². The molecule has 30 heavy (non-hydrogen) atoms. The Hall–Kier alpha value is -2.74. The van der Waals surface area contributed by atoms with Gasteiger partial charge in [-0.2, -0.15) is 5.10 Å². The lowest BCUT2D eigenvalue weighted by Gasteiger charge is -2.25. The van der Waals surface area contributed by atoms with Crippen molar-refractivity contribution in [2.45, 2.75) is 65.0 Å². The van der Waals surface area contributed by atoms with E-state index in [0.717, 1.165) is 41.1 Å². The second-order valence-corrected chi connectivity index (χ2v) is 9.24. The van der Waals surface area contributed by atoms with Crippen LogP contribution in [-0.2, 0) is 4.79 Å². The van der Waals surface area contributed by atoms with E-state index >= 15 is 0 Å². The molecule has 0 saturated heterocycles. The normalized spacial score (nSPS) is 15.8. The van der Waals surface area contributed by atoms with Crippen molar-refractivity contribution in [3.8, 4) is 21.9 Å². The predicted octanol–water partition coefficient (Wildman–Crippen LogP) is 4.25. The SMILES string of the molecule is Cc1cc(-c2cc(=O)n(C(C)C(=O)NC3CCCCC3)nc2-c2ccc(C)s2)on1. The van der Waals surface area contributed by atoms with Crippen molar-refractivity contribution in [1.29, 1.82) is 0 Å². The molecule has 0 spiro atoms. The zero-order valence-corrected chi connectivity index (χ0v) is 18.3. The van der Waals surface area contributed by atoms with Crippen molar-refractivity contribution < 1.29 is 9.32 Å². The molecule has 1 saturated carbocycles. The summed E-state index contributed by atoms with van der Waals surface area (Å²) in [4.78, 5) is 27.8. The van der Waals surface area contributed by atoms with E-state index in [-0.39, 0.29) is 17.5 Å². The minimum atomic E-state index is -0.704. The molecule has 1 amide bonds. The highest BCUT2D eigenvalue weighted by atomic mass is 32.1. The van der Waals surface area contributed by atoms with E-state index < -0.39 is 6.04 Å². The molecule has 3 heterocycles. The van der Waals surface area contributed by atoms with E-state index in [0.29, 0.717) is 17.0 Å². The van der Waals surface area contributed by atoms with E-state index in [1.165, 1.54) is 17.2 Å². The number of hydrogen-bond donors (Lipinski definition) is 1. The minimum Gasteiger partial charge on any atom is -0.356 e. The summed E-state index contributed by atoms with van der Waals surface area (Å²) >= 11 is 1.58. The number of aromatic nitrogens is 3. The summed E-state index contributed by atoms with van der Waals surface area (Å²) in [6.07, 6.45) is 5.46. The van der Waals surface area contributed by atoms with Crippen molar-refractivity contribution in [3.63, 3.8) is 0 Å². The van der Waals surface area contributed by atoms with Crippen LogP contribution in [0.25, 0.3) is 21.9 Å². The Balaban J connectivity index is 1.71. The van der Waals surface area contributed by atoms with Crippen molar-refractivity contribution in [3.05, 3.63) is 45.2 Å². The number of rotatable bonds is 5. The van der Waals surface area contributed by atoms with Gasteiger partial charge in [-0.1, -0.05) is 24.4 Å². The average molecular weight is 427 g/mol. The number of carbonyl (C=O) groups is 1. The second kappa shape index (κ2) is 8.55. The van der Waals surface area contributed by atoms with Crippen molar-refractivity contribution >= 4 is 17.2 Å². The number of thiophene rings is 1. The van der Waals surface area contributed by atoms with E-state index in [1.807, 2.05) is 26.0 Å². The first-order valence-corrected chi connectivity index (χ1v) is 11.2. The third-order valence-corrected chi connectivity index (χ3v) is 6.53. The summed E-state index contributed by atoms with van der Waals surface area (Å²) in [6.45, 7) is 5.56. The van der Waals surface area contributed by atoms with Gasteiger partial charge in [0, 0.05) is 23.1 Å². The number of aryl methyl sites for hydroxylation is 2. The van der Waals surface area contributed by atoms with Crippen LogP contribution >= 0.6 is 11.3 Å². The van der Waals surface area contributed by atoms with Crippen LogP contribution in [0.2, 0.25) is 0 Å². The summed E-state index contributed by atoms with van der Waals surface area (Å²) in [6, 6.07) is 6.72. The summed E-state index contributed by atoms with van der Waals surface area (Å²) in [7, 11) is 0. The van der Waals surface area contributed by atoms with Crippen LogP contribution in [0.15, 0.2) is 33.6 Å². The molecule has 0 radical (unpaired) electrons. The standard InChI is InChI=1S/C22H26N4O3S/c1-13-11-18(29-25-13)17-12-20(27)26(24-21(17)19-10-9-14(2)30-19)15(3)22(28)23-16-7-5-4-6-8-16/h9-12,15-16H,4-8H2,1-3H3,(H,23,28). The first-order chi connectivity index (χ1) is 14.4. The molecule has 1 N–H and O–H groups in total. The third kappa shape index (κ3) is 4.23. The van der Waals surface area contributed by atoms with Crippen LogP contribution in [0.1, 0.15) is 55.6 Å². The number of nitrogens with one attached hydrogen (secondary N) is 1. The number of hydrogen-bond acceptors (Lipinski definition) is 6. The molecule has 7 nitrogen and oxygen atoms in total. The van der Waals surface area contributed by atoms with Crippen molar-refractivity contribution in [1.82, 2.24) is 20.3 Å². The molecule has 0 aromatic carbocycles. The molecular weight excluding hydrogens is 400 g/mol. The summed E-state index contributed by atoms with van der Waals surface area (Å²) < 4.78 is 6.68. The highest BCUT2D eigenvalue weighted by Gasteiger charge is 2.25. The van der Waals surface area contributed by atoms with Gasteiger partial charge in [0.15, 0.2) is 5.76 Å². The predicted molar refractivity (Wildman–Crippen MR) is 117 cm³/mol. The Morgan fingerprint density at radius 1 is 1.23 bits per heavy atom. The Labute approximate surface area is 179 Å². The van der Waals surface area contributed by atoms with Crippen molar-refractivity contribution in [2.75, 3.05) is 0 Å². The van der Waals surface area contributed by atoms with E-state index in [4.69, 9.17) is 4.52 Å². The van der Waals surface area contributed by atoms with Gasteiger partial charge in [-0.05, 0) is 45.7 Å². The summed E-state index contributed by atoms with van der Waals surface area (Å²) in [5.41, 5.74) is 1.57. The first kappa shape index (κ1) is 20.5. The summed E-state index contributed by atoms with van der Waals surface area (Å²) in [5, 5.41) is 11.7. The van der Waals surface area contributed by atoms with E-state index in [2.05, 4.69) is 15.6 Å². The molecule has 0 bridgehead atoms. The molecule has 1 atom stereocenters.